The lowest BCUT2D eigenvalue weighted by atomic mass is 10.1. The molecule has 2 saturated heterocycles. The molecule has 2 fully saturated rings. The average Bonchev–Trinajstić information content (AvgIpc) is 3.06. The van der Waals surface area contributed by atoms with Gasteiger partial charge in [-0.05, 0) is 25.0 Å². The van der Waals surface area contributed by atoms with Crippen LogP contribution >= 0.6 is 11.8 Å². The third-order valence-corrected chi connectivity index (χ3v) is 4.81. The van der Waals surface area contributed by atoms with E-state index in [-0.39, 0.29) is 28.8 Å². The highest BCUT2D eigenvalue weighted by atomic mass is 32.2. The summed E-state index contributed by atoms with van der Waals surface area (Å²) in [5.41, 5.74) is 1.63. The first-order valence-electron chi connectivity index (χ1n) is 6.91. The summed E-state index contributed by atoms with van der Waals surface area (Å²) >= 11 is 1.04. The summed E-state index contributed by atoms with van der Waals surface area (Å²) in [7, 11) is 0. The van der Waals surface area contributed by atoms with E-state index in [4.69, 9.17) is 0 Å². The Balaban J connectivity index is 1.73. The third-order valence-electron chi connectivity index (χ3n) is 3.98. The smallest absolute Gasteiger partial charge is 0.289 e. The quantitative estimate of drug-likeness (QED) is 0.837. The number of imide groups is 1. The van der Waals surface area contributed by atoms with Gasteiger partial charge in [0.05, 0.1) is 11.8 Å². The second kappa shape index (κ2) is 5.52. The molecule has 0 radical (unpaired) electrons. The minimum Gasteiger partial charge on any atom is -0.336 e. The molecule has 1 unspecified atom stereocenters. The summed E-state index contributed by atoms with van der Waals surface area (Å²) in [6, 6.07) is 7.29. The molecule has 2 aliphatic rings. The van der Waals surface area contributed by atoms with Crippen molar-refractivity contribution in [1.82, 2.24) is 9.80 Å². The van der Waals surface area contributed by atoms with Crippen LogP contribution in [0.3, 0.4) is 0 Å². The van der Waals surface area contributed by atoms with Crippen LogP contribution in [0.2, 0.25) is 0 Å². The maximum Gasteiger partial charge on any atom is 0.289 e. The van der Waals surface area contributed by atoms with Gasteiger partial charge in [0.25, 0.3) is 11.1 Å². The first-order chi connectivity index (χ1) is 10.1. The van der Waals surface area contributed by atoms with Crippen LogP contribution in [0.1, 0.15) is 22.3 Å². The Kier molecular flexibility index (Phi) is 3.71. The highest BCUT2D eigenvalue weighted by Crippen LogP contribution is 2.27. The molecule has 110 valence electrons. The fraction of sp³-hybridized carbons (Fsp3) is 0.400. The zero-order chi connectivity index (χ0) is 15.0. The summed E-state index contributed by atoms with van der Waals surface area (Å²) in [6.07, 6.45) is 0.662. The standard InChI is InChI=1S/C15H16N2O3S/c1-10-4-2-3-5-12(10)14(19)16-7-6-11(8-16)17-13(18)9-21-15(17)20/h2-5,11H,6-9H2,1H3. The van der Waals surface area contributed by atoms with E-state index in [0.29, 0.717) is 25.1 Å². The number of rotatable bonds is 2. The molecule has 2 aliphatic heterocycles. The first kappa shape index (κ1) is 14.1. The zero-order valence-electron chi connectivity index (χ0n) is 11.7. The Hall–Kier alpha value is -1.82. The van der Waals surface area contributed by atoms with Crippen LogP contribution in [0.5, 0.6) is 0 Å². The largest absolute Gasteiger partial charge is 0.336 e. The van der Waals surface area contributed by atoms with Crippen molar-refractivity contribution in [2.75, 3.05) is 18.8 Å². The number of likely N-dealkylation sites (tertiary alicyclic amines) is 1. The van der Waals surface area contributed by atoms with E-state index in [0.717, 1.165) is 17.3 Å². The third kappa shape index (κ3) is 2.55. The van der Waals surface area contributed by atoms with Gasteiger partial charge >= 0.3 is 0 Å². The van der Waals surface area contributed by atoms with Crippen molar-refractivity contribution < 1.29 is 14.4 Å². The molecule has 21 heavy (non-hydrogen) atoms. The van der Waals surface area contributed by atoms with Gasteiger partial charge in [0.15, 0.2) is 0 Å². The number of carbonyl (C=O) groups is 3. The normalized spacial score (nSPS) is 22.2. The van der Waals surface area contributed by atoms with Crippen molar-refractivity contribution in [2.24, 2.45) is 0 Å². The van der Waals surface area contributed by atoms with Crippen LogP contribution < -0.4 is 0 Å². The van der Waals surface area contributed by atoms with Crippen molar-refractivity contribution in [1.29, 1.82) is 0 Å². The lowest BCUT2D eigenvalue weighted by molar-refractivity contribution is -0.126. The van der Waals surface area contributed by atoms with Gasteiger partial charge in [0.1, 0.15) is 0 Å². The highest BCUT2D eigenvalue weighted by molar-refractivity contribution is 8.14. The van der Waals surface area contributed by atoms with Crippen molar-refractivity contribution in [3.05, 3.63) is 35.4 Å². The second-order valence-electron chi connectivity index (χ2n) is 5.33. The monoisotopic (exact) mass is 304 g/mol. The molecule has 1 aromatic carbocycles. The topological polar surface area (TPSA) is 57.7 Å². The number of aryl methyl sites for hydroxylation is 1. The molecule has 0 spiro atoms. The average molecular weight is 304 g/mol. The van der Waals surface area contributed by atoms with Gasteiger partial charge in [-0.1, -0.05) is 30.0 Å². The van der Waals surface area contributed by atoms with Gasteiger partial charge in [-0.2, -0.15) is 0 Å². The Bertz CT molecular complexity index is 601. The highest BCUT2D eigenvalue weighted by Gasteiger charge is 2.40. The molecular weight excluding hydrogens is 288 g/mol. The Morgan fingerprint density at radius 1 is 1.29 bits per heavy atom. The van der Waals surface area contributed by atoms with E-state index in [1.165, 1.54) is 4.90 Å². The lowest BCUT2D eigenvalue weighted by Crippen LogP contribution is -2.41. The van der Waals surface area contributed by atoms with E-state index in [9.17, 15) is 14.4 Å². The molecule has 2 heterocycles. The van der Waals surface area contributed by atoms with E-state index in [2.05, 4.69) is 0 Å². The van der Waals surface area contributed by atoms with Crippen LogP contribution in [0.4, 0.5) is 4.79 Å². The number of nitrogens with zero attached hydrogens (tertiary/aromatic N) is 2. The summed E-state index contributed by atoms with van der Waals surface area (Å²) in [6.45, 7) is 2.93. The van der Waals surface area contributed by atoms with Gasteiger partial charge in [0, 0.05) is 18.7 Å². The van der Waals surface area contributed by atoms with E-state index >= 15 is 0 Å². The van der Waals surface area contributed by atoms with Gasteiger partial charge in [-0.3, -0.25) is 19.3 Å². The fourth-order valence-corrected chi connectivity index (χ4v) is 3.61. The van der Waals surface area contributed by atoms with Crippen LogP contribution in [0, 0.1) is 6.92 Å². The first-order valence-corrected chi connectivity index (χ1v) is 7.90. The molecule has 0 N–H and O–H groups in total. The van der Waals surface area contributed by atoms with E-state index in [1.54, 1.807) is 4.90 Å². The number of hydrogen-bond donors (Lipinski definition) is 0. The molecule has 5 nitrogen and oxygen atoms in total. The SMILES string of the molecule is Cc1ccccc1C(=O)N1CCC(N2C(=O)CSC2=O)C1. The fourth-order valence-electron chi connectivity index (χ4n) is 2.84. The van der Waals surface area contributed by atoms with E-state index < -0.39 is 0 Å². The zero-order valence-corrected chi connectivity index (χ0v) is 12.6. The Labute approximate surface area is 127 Å². The molecule has 6 heteroatoms. The van der Waals surface area contributed by atoms with Crippen LogP contribution in [0.25, 0.3) is 0 Å². The molecule has 0 aliphatic carbocycles. The predicted molar refractivity (Wildman–Crippen MR) is 80.2 cm³/mol. The Morgan fingerprint density at radius 2 is 2.05 bits per heavy atom. The molecule has 0 saturated carbocycles. The van der Waals surface area contributed by atoms with Crippen molar-refractivity contribution in [3.8, 4) is 0 Å². The minimum absolute atomic E-state index is 0.0256. The number of amides is 3. The van der Waals surface area contributed by atoms with Crippen molar-refractivity contribution in [3.63, 3.8) is 0 Å². The molecule has 3 amide bonds. The Morgan fingerprint density at radius 3 is 2.71 bits per heavy atom. The van der Waals surface area contributed by atoms with Gasteiger partial charge in [0.2, 0.25) is 5.91 Å². The predicted octanol–water partition coefficient (Wildman–Crippen LogP) is 1.90. The molecule has 0 aromatic heterocycles. The van der Waals surface area contributed by atoms with Crippen LogP contribution in [0.15, 0.2) is 24.3 Å². The number of hydrogen-bond acceptors (Lipinski definition) is 4. The van der Waals surface area contributed by atoms with Crippen LogP contribution in [-0.4, -0.2) is 51.7 Å². The molecule has 1 aromatic rings. The molecule has 1 atom stereocenters. The van der Waals surface area contributed by atoms with Gasteiger partial charge in [-0.25, -0.2) is 0 Å². The maximum absolute atomic E-state index is 12.5. The second-order valence-corrected chi connectivity index (χ2v) is 6.25. The lowest BCUT2D eigenvalue weighted by Gasteiger charge is -2.22. The summed E-state index contributed by atoms with van der Waals surface area (Å²) in [5.74, 6) is 0.0590. The maximum atomic E-state index is 12.5. The number of carbonyl (C=O) groups excluding carboxylic acids is 3. The van der Waals surface area contributed by atoms with Gasteiger partial charge in [-0.15, -0.1) is 0 Å². The molecule has 3 rings (SSSR count). The molecular formula is C15H16N2O3S. The summed E-state index contributed by atoms with van der Waals surface area (Å²) < 4.78 is 0. The van der Waals surface area contributed by atoms with Crippen molar-refractivity contribution in [2.45, 2.75) is 19.4 Å². The van der Waals surface area contributed by atoms with Crippen LogP contribution in [-0.2, 0) is 4.79 Å². The molecule has 0 bridgehead atoms. The number of thioether (sulfide) groups is 1. The van der Waals surface area contributed by atoms with Crippen molar-refractivity contribution >= 4 is 28.8 Å². The summed E-state index contributed by atoms with van der Waals surface area (Å²) in [4.78, 5) is 39.1. The minimum atomic E-state index is -0.185. The summed E-state index contributed by atoms with van der Waals surface area (Å²) in [5, 5.41) is -0.185. The number of benzene rings is 1. The van der Waals surface area contributed by atoms with Gasteiger partial charge < -0.3 is 4.90 Å². The van der Waals surface area contributed by atoms with E-state index in [1.807, 2.05) is 31.2 Å².